The van der Waals surface area contributed by atoms with Gasteiger partial charge in [0.25, 0.3) is 0 Å². The number of hydrogen-bond acceptors (Lipinski definition) is 3. The zero-order valence-electron chi connectivity index (χ0n) is 13.4. The molecule has 0 saturated carbocycles. The third-order valence-electron chi connectivity index (χ3n) is 5.08. The molecule has 2 fully saturated rings. The summed E-state index contributed by atoms with van der Waals surface area (Å²) in [4.78, 5) is 28.7. The minimum atomic E-state index is -0.285. The Bertz CT molecular complexity index is 380. The number of primary amides is 1. The Hall–Kier alpha value is -1.10. The molecule has 2 aliphatic heterocycles. The van der Waals surface area contributed by atoms with Gasteiger partial charge in [-0.15, -0.1) is 0 Å². The van der Waals surface area contributed by atoms with Crippen LogP contribution in [0.25, 0.3) is 0 Å². The molecular formula is C16H29N3O2. The van der Waals surface area contributed by atoms with E-state index in [1.165, 1.54) is 6.42 Å². The van der Waals surface area contributed by atoms with Crippen molar-refractivity contribution in [2.45, 2.75) is 64.5 Å². The first-order chi connectivity index (χ1) is 10.1. The van der Waals surface area contributed by atoms with Gasteiger partial charge in [0.15, 0.2) is 0 Å². The number of carbonyl (C=O) groups is 2. The van der Waals surface area contributed by atoms with Crippen LogP contribution in [-0.2, 0) is 9.59 Å². The highest BCUT2D eigenvalue weighted by molar-refractivity contribution is 5.85. The van der Waals surface area contributed by atoms with Crippen molar-refractivity contribution >= 4 is 11.8 Å². The zero-order chi connectivity index (χ0) is 15.4. The van der Waals surface area contributed by atoms with Crippen LogP contribution in [0.2, 0.25) is 0 Å². The summed E-state index contributed by atoms with van der Waals surface area (Å²) in [5.74, 6) is 0.170. The summed E-state index contributed by atoms with van der Waals surface area (Å²) in [6, 6.07) is -0.453. The van der Waals surface area contributed by atoms with E-state index in [9.17, 15) is 9.59 Å². The van der Waals surface area contributed by atoms with Gasteiger partial charge in [0.2, 0.25) is 11.8 Å². The van der Waals surface area contributed by atoms with Crippen molar-refractivity contribution in [3.05, 3.63) is 0 Å². The van der Waals surface area contributed by atoms with E-state index < -0.39 is 0 Å². The fourth-order valence-corrected chi connectivity index (χ4v) is 3.66. The summed E-state index contributed by atoms with van der Waals surface area (Å²) in [6.07, 6.45) is 6.08. The van der Waals surface area contributed by atoms with Crippen LogP contribution in [0.1, 0.15) is 52.4 Å². The molecule has 0 spiro atoms. The molecule has 120 valence electrons. The van der Waals surface area contributed by atoms with Crippen molar-refractivity contribution in [2.24, 2.45) is 11.7 Å². The van der Waals surface area contributed by atoms with Crippen molar-refractivity contribution in [1.82, 2.24) is 9.80 Å². The van der Waals surface area contributed by atoms with E-state index in [0.717, 1.165) is 51.7 Å². The molecule has 21 heavy (non-hydrogen) atoms. The molecule has 5 heteroatoms. The summed E-state index contributed by atoms with van der Waals surface area (Å²) in [7, 11) is 0. The van der Waals surface area contributed by atoms with Crippen LogP contribution < -0.4 is 5.73 Å². The van der Waals surface area contributed by atoms with Gasteiger partial charge in [-0.2, -0.15) is 0 Å². The molecular weight excluding hydrogens is 266 g/mol. The Labute approximate surface area is 127 Å². The lowest BCUT2D eigenvalue weighted by atomic mass is 9.94. The first kappa shape index (κ1) is 16.3. The number of hydrogen-bond donors (Lipinski definition) is 1. The van der Waals surface area contributed by atoms with Crippen LogP contribution in [-0.4, -0.2) is 53.3 Å². The van der Waals surface area contributed by atoms with Gasteiger partial charge in [0, 0.05) is 13.1 Å². The van der Waals surface area contributed by atoms with Gasteiger partial charge >= 0.3 is 0 Å². The molecule has 0 aromatic heterocycles. The molecule has 0 aromatic carbocycles. The second kappa shape index (κ2) is 7.25. The monoisotopic (exact) mass is 295 g/mol. The van der Waals surface area contributed by atoms with Crippen molar-refractivity contribution in [2.75, 3.05) is 19.6 Å². The fraction of sp³-hybridized carbons (Fsp3) is 0.875. The number of nitrogens with zero attached hydrogens (tertiary/aromatic N) is 2. The molecule has 0 aromatic rings. The highest BCUT2D eigenvalue weighted by Gasteiger charge is 2.41. The van der Waals surface area contributed by atoms with E-state index in [4.69, 9.17) is 5.73 Å². The van der Waals surface area contributed by atoms with Crippen molar-refractivity contribution in [3.8, 4) is 0 Å². The topological polar surface area (TPSA) is 66.6 Å². The van der Waals surface area contributed by atoms with E-state index in [-0.39, 0.29) is 29.8 Å². The van der Waals surface area contributed by atoms with Crippen molar-refractivity contribution < 1.29 is 9.59 Å². The van der Waals surface area contributed by atoms with E-state index in [0.29, 0.717) is 0 Å². The van der Waals surface area contributed by atoms with Crippen LogP contribution in [0.4, 0.5) is 0 Å². The minimum absolute atomic E-state index is 0.187. The second-order valence-corrected chi connectivity index (χ2v) is 6.51. The van der Waals surface area contributed by atoms with E-state index in [1.807, 2.05) is 4.90 Å². The number of piperidine rings is 1. The largest absolute Gasteiger partial charge is 0.368 e. The molecule has 0 radical (unpaired) electrons. The molecule has 3 atom stereocenters. The zero-order valence-corrected chi connectivity index (χ0v) is 13.4. The van der Waals surface area contributed by atoms with Gasteiger partial charge < -0.3 is 10.6 Å². The van der Waals surface area contributed by atoms with Crippen LogP contribution in [0.3, 0.4) is 0 Å². The van der Waals surface area contributed by atoms with Gasteiger partial charge in [0.05, 0.1) is 12.1 Å². The van der Waals surface area contributed by atoms with Crippen LogP contribution in [0.15, 0.2) is 0 Å². The summed E-state index contributed by atoms with van der Waals surface area (Å²) < 4.78 is 0. The van der Waals surface area contributed by atoms with Gasteiger partial charge in [-0.25, -0.2) is 0 Å². The van der Waals surface area contributed by atoms with Crippen LogP contribution in [0.5, 0.6) is 0 Å². The predicted octanol–water partition coefficient (Wildman–Crippen LogP) is 1.36. The maximum Gasteiger partial charge on any atom is 0.240 e. The number of likely N-dealkylation sites (tertiary alicyclic amines) is 2. The molecule has 2 rings (SSSR count). The normalized spacial score (nSPS) is 26.6. The third-order valence-corrected chi connectivity index (χ3v) is 5.08. The predicted molar refractivity (Wildman–Crippen MR) is 82.6 cm³/mol. The molecule has 2 heterocycles. The van der Waals surface area contributed by atoms with Crippen molar-refractivity contribution in [1.29, 1.82) is 0 Å². The van der Waals surface area contributed by atoms with E-state index in [1.54, 1.807) is 0 Å². The van der Waals surface area contributed by atoms with Gasteiger partial charge in [0.1, 0.15) is 0 Å². The number of amides is 2. The molecule has 5 nitrogen and oxygen atoms in total. The average molecular weight is 295 g/mol. The Morgan fingerprint density at radius 1 is 1.14 bits per heavy atom. The highest BCUT2D eigenvalue weighted by atomic mass is 16.2. The Kier molecular flexibility index (Phi) is 5.62. The number of nitrogens with two attached hydrogens (primary N) is 1. The summed E-state index contributed by atoms with van der Waals surface area (Å²) >= 11 is 0. The second-order valence-electron chi connectivity index (χ2n) is 6.51. The van der Waals surface area contributed by atoms with Gasteiger partial charge in [-0.1, -0.05) is 20.3 Å². The summed E-state index contributed by atoms with van der Waals surface area (Å²) in [6.45, 7) is 6.75. The smallest absolute Gasteiger partial charge is 0.240 e. The molecule has 0 bridgehead atoms. The molecule has 2 aliphatic rings. The lowest BCUT2D eigenvalue weighted by Gasteiger charge is -2.39. The van der Waals surface area contributed by atoms with Gasteiger partial charge in [-0.05, 0) is 44.6 Å². The summed E-state index contributed by atoms with van der Waals surface area (Å²) in [5.41, 5.74) is 5.54. The highest BCUT2D eigenvalue weighted by Crippen LogP contribution is 2.27. The molecule has 2 saturated heterocycles. The standard InChI is InChI=1S/C16H29N3O2/c1-3-12(2)14(16(21)18-9-5-4-6-10-18)19-11-7-8-13(19)15(17)20/h12-14H,3-11H2,1-2H3,(H2,17,20)/t12-,13?,14-/m0/s1. The molecule has 0 aliphatic carbocycles. The Morgan fingerprint density at radius 3 is 2.38 bits per heavy atom. The lowest BCUT2D eigenvalue weighted by molar-refractivity contribution is -0.141. The van der Waals surface area contributed by atoms with Crippen LogP contribution in [0, 0.1) is 5.92 Å². The first-order valence-corrected chi connectivity index (χ1v) is 8.40. The van der Waals surface area contributed by atoms with E-state index in [2.05, 4.69) is 18.7 Å². The Morgan fingerprint density at radius 2 is 1.81 bits per heavy atom. The summed E-state index contributed by atoms with van der Waals surface area (Å²) in [5, 5.41) is 0. The minimum Gasteiger partial charge on any atom is -0.368 e. The number of rotatable bonds is 5. The molecule has 2 N–H and O–H groups in total. The SMILES string of the molecule is CC[C@H](C)[C@@H](C(=O)N1CCCCC1)N1CCCC1C(N)=O. The first-order valence-electron chi connectivity index (χ1n) is 8.40. The molecule has 1 unspecified atom stereocenters. The average Bonchev–Trinajstić information content (AvgIpc) is 2.97. The van der Waals surface area contributed by atoms with E-state index >= 15 is 0 Å². The fourth-order valence-electron chi connectivity index (χ4n) is 3.66. The quantitative estimate of drug-likeness (QED) is 0.833. The Balaban J connectivity index is 2.17. The van der Waals surface area contributed by atoms with Crippen LogP contribution >= 0.6 is 0 Å². The van der Waals surface area contributed by atoms with Crippen molar-refractivity contribution in [3.63, 3.8) is 0 Å². The number of carbonyl (C=O) groups excluding carboxylic acids is 2. The maximum atomic E-state index is 13.0. The molecule has 2 amide bonds. The van der Waals surface area contributed by atoms with Gasteiger partial charge in [-0.3, -0.25) is 14.5 Å². The third kappa shape index (κ3) is 3.57. The maximum absolute atomic E-state index is 13.0. The lowest BCUT2D eigenvalue weighted by Crippen LogP contribution is -2.56.